The third kappa shape index (κ3) is 4.56. The number of ether oxygens (including phenoxy) is 2. The van der Waals surface area contributed by atoms with Gasteiger partial charge in [0.2, 0.25) is 5.91 Å². The highest BCUT2D eigenvalue weighted by Crippen LogP contribution is 2.29. The van der Waals surface area contributed by atoms with Gasteiger partial charge in [-0.05, 0) is 25.3 Å². The van der Waals surface area contributed by atoms with Crippen LogP contribution in [0.5, 0.6) is 0 Å². The van der Waals surface area contributed by atoms with E-state index < -0.39 is 0 Å². The zero-order valence-electron chi connectivity index (χ0n) is 17.2. The van der Waals surface area contributed by atoms with Crippen LogP contribution in [0.4, 0.5) is 4.79 Å². The topological polar surface area (TPSA) is 62.3 Å². The maximum atomic E-state index is 12.8. The molecule has 7 heteroatoms. The number of fused-ring (bicyclic) bond motifs is 1. The molecule has 0 aliphatic carbocycles. The van der Waals surface area contributed by atoms with E-state index in [0.29, 0.717) is 32.2 Å². The van der Waals surface area contributed by atoms with E-state index in [1.54, 1.807) is 4.90 Å². The van der Waals surface area contributed by atoms with Gasteiger partial charge in [-0.3, -0.25) is 9.69 Å². The van der Waals surface area contributed by atoms with Gasteiger partial charge >= 0.3 is 6.09 Å². The second-order valence-electron chi connectivity index (χ2n) is 8.10. The number of piperidine rings is 1. The molecule has 0 unspecified atom stereocenters. The van der Waals surface area contributed by atoms with E-state index in [2.05, 4.69) is 17.0 Å². The highest BCUT2D eigenvalue weighted by molar-refractivity contribution is 5.77. The maximum absolute atomic E-state index is 12.8. The van der Waals surface area contributed by atoms with Crippen molar-refractivity contribution in [3.05, 3.63) is 35.9 Å². The van der Waals surface area contributed by atoms with Crippen molar-refractivity contribution in [1.29, 1.82) is 0 Å². The molecule has 2 atom stereocenters. The molecule has 3 aliphatic heterocycles. The van der Waals surface area contributed by atoms with E-state index in [9.17, 15) is 9.59 Å². The van der Waals surface area contributed by atoms with Crippen LogP contribution in [0.3, 0.4) is 0 Å². The summed E-state index contributed by atoms with van der Waals surface area (Å²) >= 11 is 0. The Bertz CT molecular complexity index is 705. The number of likely N-dealkylation sites (tertiary alicyclic amines) is 2. The molecule has 0 aromatic heterocycles. The molecule has 3 fully saturated rings. The molecule has 0 spiro atoms. The standard InChI is InChI=1S/C22H31N3O4/c1-2-28-22(27)23-11-8-18(9-12-23)24-15-19-20(16-24)29-13-10-21(26)25(19)14-17-6-4-3-5-7-17/h3-7,18-20H,2,8-16H2,1H3/t19-,20-/m0/s1. The number of nitrogens with zero attached hydrogens (tertiary/aromatic N) is 3. The van der Waals surface area contributed by atoms with E-state index in [4.69, 9.17) is 9.47 Å². The summed E-state index contributed by atoms with van der Waals surface area (Å²) < 4.78 is 11.2. The summed E-state index contributed by atoms with van der Waals surface area (Å²) in [6, 6.07) is 10.7. The van der Waals surface area contributed by atoms with Crippen molar-refractivity contribution in [2.45, 2.75) is 50.9 Å². The third-order valence-electron chi connectivity index (χ3n) is 6.34. The number of carbonyl (C=O) groups excluding carboxylic acids is 2. The summed E-state index contributed by atoms with van der Waals surface area (Å²) in [6.45, 7) is 6.53. The molecule has 1 aromatic carbocycles. The molecule has 2 amide bonds. The van der Waals surface area contributed by atoms with Crippen LogP contribution in [-0.2, 0) is 20.8 Å². The summed E-state index contributed by atoms with van der Waals surface area (Å²) in [5.41, 5.74) is 1.16. The van der Waals surface area contributed by atoms with Crippen LogP contribution in [0.2, 0.25) is 0 Å². The minimum absolute atomic E-state index is 0.0632. The predicted molar refractivity (Wildman–Crippen MR) is 108 cm³/mol. The monoisotopic (exact) mass is 401 g/mol. The van der Waals surface area contributed by atoms with Gasteiger partial charge in [-0.15, -0.1) is 0 Å². The predicted octanol–water partition coefficient (Wildman–Crippen LogP) is 2.11. The number of hydrogen-bond donors (Lipinski definition) is 0. The number of amides is 2. The molecule has 158 valence electrons. The molecular weight excluding hydrogens is 370 g/mol. The van der Waals surface area contributed by atoms with Gasteiger partial charge in [-0.2, -0.15) is 0 Å². The minimum Gasteiger partial charge on any atom is -0.450 e. The van der Waals surface area contributed by atoms with Crippen molar-refractivity contribution in [2.75, 3.05) is 39.4 Å². The molecule has 0 saturated carbocycles. The van der Waals surface area contributed by atoms with Crippen LogP contribution >= 0.6 is 0 Å². The Morgan fingerprint density at radius 1 is 1.17 bits per heavy atom. The fourth-order valence-corrected chi connectivity index (χ4v) is 4.79. The smallest absolute Gasteiger partial charge is 0.409 e. The fourth-order valence-electron chi connectivity index (χ4n) is 4.79. The van der Waals surface area contributed by atoms with Crippen LogP contribution in [-0.4, -0.2) is 84.3 Å². The molecule has 0 N–H and O–H groups in total. The molecule has 3 aliphatic rings. The van der Waals surface area contributed by atoms with Crippen molar-refractivity contribution >= 4 is 12.0 Å². The Morgan fingerprint density at radius 3 is 2.66 bits per heavy atom. The van der Waals surface area contributed by atoms with E-state index >= 15 is 0 Å². The van der Waals surface area contributed by atoms with E-state index in [-0.39, 0.29) is 24.1 Å². The summed E-state index contributed by atoms with van der Waals surface area (Å²) in [7, 11) is 0. The lowest BCUT2D eigenvalue weighted by Crippen LogP contribution is -2.48. The molecular formula is C22H31N3O4. The Morgan fingerprint density at radius 2 is 1.93 bits per heavy atom. The second kappa shape index (κ2) is 9.13. The average molecular weight is 402 g/mol. The Labute approximate surface area is 172 Å². The van der Waals surface area contributed by atoms with Gasteiger partial charge in [0.25, 0.3) is 0 Å². The van der Waals surface area contributed by atoms with Crippen molar-refractivity contribution in [3.63, 3.8) is 0 Å². The molecule has 29 heavy (non-hydrogen) atoms. The van der Waals surface area contributed by atoms with Crippen LogP contribution in [0, 0.1) is 0 Å². The summed E-state index contributed by atoms with van der Waals surface area (Å²) in [5.74, 6) is 0.181. The normalized spacial score (nSPS) is 26.3. The lowest BCUT2D eigenvalue weighted by Gasteiger charge is -2.36. The van der Waals surface area contributed by atoms with Gasteiger partial charge < -0.3 is 19.3 Å². The SMILES string of the molecule is CCOC(=O)N1CCC(N2C[C@@H]3OCCC(=O)N(Cc4ccccc4)[C@H]3C2)CC1. The van der Waals surface area contributed by atoms with Crippen LogP contribution in [0.25, 0.3) is 0 Å². The average Bonchev–Trinajstić information content (AvgIpc) is 3.11. The maximum Gasteiger partial charge on any atom is 0.409 e. The summed E-state index contributed by atoms with van der Waals surface area (Å²) in [5, 5.41) is 0. The molecule has 3 heterocycles. The Balaban J connectivity index is 1.39. The quantitative estimate of drug-likeness (QED) is 0.773. The number of hydrogen-bond acceptors (Lipinski definition) is 5. The van der Waals surface area contributed by atoms with Gasteiger partial charge in [-0.25, -0.2) is 4.79 Å². The Hall–Kier alpha value is -2.12. The van der Waals surface area contributed by atoms with Gasteiger partial charge in [0.15, 0.2) is 0 Å². The first kappa shape index (κ1) is 20.2. The van der Waals surface area contributed by atoms with Crippen LogP contribution in [0.1, 0.15) is 31.7 Å². The van der Waals surface area contributed by atoms with Crippen molar-refractivity contribution < 1.29 is 19.1 Å². The zero-order valence-corrected chi connectivity index (χ0v) is 17.2. The van der Waals surface area contributed by atoms with Gasteiger partial charge in [0, 0.05) is 38.8 Å². The zero-order chi connectivity index (χ0) is 20.2. The lowest BCUT2D eigenvalue weighted by atomic mass is 10.0. The first-order chi connectivity index (χ1) is 14.2. The fraction of sp³-hybridized carbons (Fsp3) is 0.636. The van der Waals surface area contributed by atoms with E-state index in [0.717, 1.165) is 44.6 Å². The highest BCUT2D eigenvalue weighted by atomic mass is 16.6. The van der Waals surface area contributed by atoms with Crippen LogP contribution in [0.15, 0.2) is 30.3 Å². The molecule has 3 saturated heterocycles. The Kier molecular flexibility index (Phi) is 6.35. The van der Waals surface area contributed by atoms with Crippen molar-refractivity contribution in [1.82, 2.24) is 14.7 Å². The van der Waals surface area contributed by atoms with Crippen molar-refractivity contribution in [3.8, 4) is 0 Å². The number of carbonyl (C=O) groups is 2. The first-order valence-corrected chi connectivity index (χ1v) is 10.8. The molecule has 1 aromatic rings. The number of rotatable bonds is 4. The summed E-state index contributed by atoms with van der Waals surface area (Å²) in [4.78, 5) is 31.0. The number of benzene rings is 1. The third-order valence-corrected chi connectivity index (χ3v) is 6.34. The van der Waals surface area contributed by atoms with Gasteiger partial charge in [0.05, 0.1) is 31.8 Å². The molecule has 4 rings (SSSR count). The highest BCUT2D eigenvalue weighted by Gasteiger charge is 2.43. The largest absolute Gasteiger partial charge is 0.450 e. The second-order valence-corrected chi connectivity index (χ2v) is 8.10. The van der Waals surface area contributed by atoms with Crippen LogP contribution < -0.4 is 0 Å². The van der Waals surface area contributed by atoms with Gasteiger partial charge in [-0.1, -0.05) is 30.3 Å². The minimum atomic E-state index is -0.208. The van der Waals surface area contributed by atoms with Gasteiger partial charge in [0.1, 0.15) is 0 Å². The van der Waals surface area contributed by atoms with E-state index in [1.165, 1.54) is 0 Å². The first-order valence-electron chi connectivity index (χ1n) is 10.8. The summed E-state index contributed by atoms with van der Waals surface area (Å²) in [6.07, 6.45) is 2.18. The molecule has 0 radical (unpaired) electrons. The molecule has 0 bridgehead atoms. The lowest BCUT2D eigenvalue weighted by molar-refractivity contribution is -0.133. The van der Waals surface area contributed by atoms with Crippen molar-refractivity contribution in [2.24, 2.45) is 0 Å². The van der Waals surface area contributed by atoms with E-state index in [1.807, 2.05) is 30.0 Å². The molecule has 7 nitrogen and oxygen atoms in total.